The molecule has 0 aliphatic heterocycles. The van der Waals surface area contributed by atoms with Crippen molar-refractivity contribution in [3.63, 3.8) is 0 Å². The van der Waals surface area contributed by atoms with Gasteiger partial charge in [-0.2, -0.15) is 0 Å². The van der Waals surface area contributed by atoms with Gasteiger partial charge in [-0.15, -0.1) is 0 Å². The highest BCUT2D eigenvalue weighted by atomic mass is 16.6. The van der Waals surface area contributed by atoms with Gasteiger partial charge in [0.2, 0.25) is 0 Å². The number of anilines is 1. The molecule has 0 aliphatic carbocycles. The minimum atomic E-state index is -0.468. The third kappa shape index (κ3) is 7.03. The lowest BCUT2D eigenvalue weighted by molar-refractivity contribution is 0.00569. The van der Waals surface area contributed by atoms with Crippen LogP contribution in [0, 0.1) is 0 Å². The third-order valence-electron chi connectivity index (χ3n) is 2.26. The molecule has 0 saturated carbocycles. The zero-order chi connectivity index (χ0) is 14.6. The van der Waals surface area contributed by atoms with Crippen LogP contribution < -0.4 is 5.73 Å². The average Bonchev–Trinajstić information content (AvgIpc) is 2.45. The lowest BCUT2D eigenvalue weighted by Crippen LogP contribution is -2.14. The van der Waals surface area contributed by atoms with Gasteiger partial charge in [-0.05, 0) is 6.07 Å². The number of ether oxygens (including phenoxy) is 4. The van der Waals surface area contributed by atoms with Crippen LogP contribution in [0.3, 0.4) is 0 Å². The van der Waals surface area contributed by atoms with Crippen LogP contribution in [0.15, 0.2) is 18.5 Å². The number of esters is 1. The van der Waals surface area contributed by atoms with Crippen LogP contribution >= 0.6 is 0 Å². The molecule has 1 aromatic rings. The summed E-state index contributed by atoms with van der Waals surface area (Å²) in [5, 5.41) is 0. The number of carbonyl (C=O) groups excluding carboxylic acids is 1. The van der Waals surface area contributed by atoms with E-state index in [1.165, 1.54) is 18.5 Å². The molecule has 0 amide bonds. The van der Waals surface area contributed by atoms with Crippen molar-refractivity contribution in [1.82, 2.24) is 4.98 Å². The first-order chi connectivity index (χ1) is 9.74. The zero-order valence-electron chi connectivity index (χ0n) is 11.5. The van der Waals surface area contributed by atoms with Crippen molar-refractivity contribution in [3.8, 4) is 0 Å². The Balaban J connectivity index is 2.02. The first kappa shape index (κ1) is 16.4. The molecule has 1 rings (SSSR count). The molecule has 0 spiro atoms. The number of nitrogens with two attached hydrogens (primary N) is 1. The number of rotatable bonds is 10. The predicted molar refractivity (Wildman–Crippen MR) is 72.4 cm³/mol. The molecule has 0 atom stereocenters. The second-order valence-corrected chi connectivity index (χ2v) is 3.86. The van der Waals surface area contributed by atoms with Gasteiger partial charge in [0.1, 0.15) is 6.61 Å². The number of carbonyl (C=O) groups is 1. The Bertz CT molecular complexity index is 400. The van der Waals surface area contributed by atoms with Gasteiger partial charge in [0.05, 0.1) is 44.3 Å². The minimum Gasteiger partial charge on any atom is -0.460 e. The molecule has 0 aliphatic rings. The molecule has 2 N–H and O–H groups in total. The van der Waals surface area contributed by atoms with E-state index in [4.69, 9.17) is 24.7 Å². The first-order valence-electron chi connectivity index (χ1n) is 6.26. The third-order valence-corrected chi connectivity index (χ3v) is 2.26. The maximum absolute atomic E-state index is 11.6. The summed E-state index contributed by atoms with van der Waals surface area (Å²) >= 11 is 0. The molecule has 0 bridgehead atoms. The SMILES string of the molecule is COCCOCCOCCOC(=O)c1cncc(N)c1. The molecule has 0 aromatic carbocycles. The van der Waals surface area contributed by atoms with Crippen LogP contribution in [0.1, 0.15) is 10.4 Å². The molecule has 0 unspecified atom stereocenters. The first-order valence-corrected chi connectivity index (χ1v) is 6.26. The lowest BCUT2D eigenvalue weighted by atomic mass is 10.3. The average molecular weight is 284 g/mol. The summed E-state index contributed by atoms with van der Waals surface area (Å²) in [6.07, 6.45) is 2.87. The Morgan fingerprint density at radius 2 is 1.75 bits per heavy atom. The Kier molecular flexibility index (Phi) is 8.28. The van der Waals surface area contributed by atoms with Crippen molar-refractivity contribution < 1.29 is 23.7 Å². The molecule has 20 heavy (non-hydrogen) atoms. The molecular formula is C13H20N2O5. The van der Waals surface area contributed by atoms with Crippen LogP contribution in [0.4, 0.5) is 5.69 Å². The fourth-order valence-electron chi connectivity index (χ4n) is 1.31. The maximum Gasteiger partial charge on any atom is 0.339 e. The predicted octanol–water partition coefficient (Wildman–Crippen LogP) is 0.500. The number of hydrogen-bond donors (Lipinski definition) is 1. The lowest BCUT2D eigenvalue weighted by Gasteiger charge is -2.07. The van der Waals surface area contributed by atoms with Gasteiger partial charge in [0.15, 0.2) is 0 Å². The molecule has 7 nitrogen and oxygen atoms in total. The number of hydrogen-bond acceptors (Lipinski definition) is 7. The molecule has 1 aromatic heterocycles. The summed E-state index contributed by atoms with van der Waals surface area (Å²) < 4.78 is 20.3. The van der Waals surface area contributed by atoms with Crippen LogP contribution in [0.5, 0.6) is 0 Å². The van der Waals surface area contributed by atoms with Crippen molar-refractivity contribution in [2.45, 2.75) is 0 Å². The van der Waals surface area contributed by atoms with Gasteiger partial charge in [0, 0.05) is 19.5 Å². The Labute approximate surface area is 118 Å². The highest BCUT2D eigenvalue weighted by molar-refractivity contribution is 5.89. The molecule has 0 fully saturated rings. The summed E-state index contributed by atoms with van der Waals surface area (Å²) in [6.45, 7) is 2.52. The quantitative estimate of drug-likeness (QED) is 0.494. The summed E-state index contributed by atoms with van der Waals surface area (Å²) in [6, 6.07) is 1.51. The number of aromatic nitrogens is 1. The van der Waals surface area contributed by atoms with Gasteiger partial charge >= 0.3 is 5.97 Å². The number of nitrogen functional groups attached to an aromatic ring is 1. The van der Waals surface area contributed by atoms with Crippen LogP contribution in [-0.2, 0) is 18.9 Å². The molecule has 0 radical (unpaired) electrons. The Morgan fingerprint density at radius 1 is 1.10 bits per heavy atom. The van der Waals surface area contributed by atoms with E-state index in [1.807, 2.05) is 0 Å². The van der Waals surface area contributed by atoms with Crippen LogP contribution in [0.2, 0.25) is 0 Å². The fourth-order valence-corrected chi connectivity index (χ4v) is 1.31. The van der Waals surface area contributed by atoms with Crippen molar-refractivity contribution >= 4 is 11.7 Å². The normalized spacial score (nSPS) is 10.4. The van der Waals surface area contributed by atoms with Crippen molar-refractivity contribution in [3.05, 3.63) is 24.0 Å². The highest BCUT2D eigenvalue weighted by Gasteiger charge is 2.07. The minimum absolute atomic E-state index is 0.172. The number of methoxy groups -OCH3 is 1. The van der Waals surface area contributed by atoms with Gasteiger partial charge in [-0.25, -0.2) is 4.79 Å². The summed E-state index contributed by atoms with van der Waals surface area (Å²) in [5.41, 5.74) is 6.27. The molecule has 1 heterocycles. The van der Waals surface area contributed by atoms with Crippen molar-refractivity contribution in [1.29, 1.82) is 0 Å². The van der Waals surface area contributed by atoms with E-state index in [0.717, 1.165) is 0 Å². The standard InChI is InChI=1S/C13H20N2O5/c1-17-2-3-18-4-5-19-6-7-20-13(16)11-8-12(14)10-15-9-11/h8-10H,2-7,14H2,1H3. The Morgan fingerprint density at radius 3 is 2.40 bits per heavy atom. The summed E-state index contributed by atoms with van der Waals surface area (Å²) in [7, 11) is 1.62. The van der Waals surface area contributed by atoms with Gasteiger partial charge in [-0.3, -0.25) is 4.98 Å². The highest BCUT2D eigenvalue weighted by Crippen LogP contribution is 2.05. The molecule has 7 heteroatoms. The number of pyridine rings is 1. The second-order valence-electron chi connectivity index (χ2n) is 3.86. The van der Waals surface area contributed by atoms with E-state index >= 15 is 0 Å². The fraction of sp³-hybridized carbons (Fsp3) is 0.538. The largest absolute Gasteiger partial charge is 0.460 e. The van der Waals surface area contributed by atoms with Gasteiger partial charge in [0.25, 0.3) is 0 Å². The van der Waals surface area contributed by atoms with E-state index in [2.05, 4.69) is 4.98 Å². The van der Waals surface area contributed by atoms with E-state index in [9.17, 15) is 4.79 Å². The van der Waals surface area contributed by atoms with E-state index in [1.54, 1.807) is 7.11 Å². The zero-order valence-corrected chi connectivity index (χ0v) is 11.5. The van der Waals surface area contributed by atoms with Crippen molar-refractivity contribution in [2.75, 3.05) is 52.5 Å². The summed E-state index contributed by atoms with van der Waals surface area (Å²) in [5.74, 6) is -0.468. The topological polar surface area (TPSA) is 92.9 Å². The van der Waals surface area contributed by atoms with E-state index < -0.39 is 5.97 Å². The van der Waals surface area contributed by atoms with E-state index in [0.29, 0.717) is 44.3 Å². The Hall–Kier alpha value is -1.70. The molecule has 112 valence electrons. The molecule has 0 saturated heterocycles. The monoisotopic (exact) mass is 284 g/mol. The van der Waals surface area contributed by atoms with Crippen molar-refractivity contribution in [2.24, 2.45) is 0 Å². The molecular weight excluding hydrogens is 264 g/mol. The van der Waals surface area contributed by atoms with Gasteiger partial charge in [-0.1, -0.05) is 0 Å². The number of nitrogens with zero attached hydrogens (tertiary/aromatic N) is 1. The van der Waals surface area contributed by atoms with Crippen LogP contribution in [-0.4, -0.2) is 57.7 Å². The van der Waals surface area contributed by atoms with E-state index in [-0.39, 0.29) is 6.61 Å². The maximum atomic E-state index is 11.6. The van der Waals surface area contributed by atoms with Gasteiger partial charge < -0.3 is 24.7 Å². The van der Waals surface area contributed by atoms with Crippen LogP contribution in [0.25, 0.3) is 0 Å². The smallest absolute Gasteiger partial charge is 0.339 e. The second kappa shape index (κ2) is 10.1. The summed E-state index contributed by atoms with van der Waals surface area (Å²) in [4.78, 5) is 15.4.